The molecule has 0 amide bonds. The number of aromatic nitrogens is 3. The molecule has 3 aromatic carbocycles. The molecular formula is C37H41N5O5. The Labute approximate surface area is 275 Å². The summed E-state index contributed by atoms with van der Waals surface area (Å²) in [5.41, 5.74) is 3.80. The van der Waals surface area contributed by atoms with E-state index in [9.17, 15) is 9.59 Å². The molecule has 2 aromatic heterocycles. The molecular weight excluding hydrogens is 594 g/mol. The first kappa shape index (κ1) is 33.0. The number of methoxy groups -OCH3 is 3. The van der Waals surface area contributed by atoms with Crippen LogP contribution in [0.2, 0.25) is 0 Å². The van der Waals surface area contributed by atoms with Crippen LogP contribution in [0.3, 0.4) is 0 Å². The zero-order valence-electron chi connectivity index (χ0n) is 27.5. The summed E-state index contributed by atoms with van der Waals surface area (Å²) in [7, 11) is 4.65. The number of benzene rings is 3. The summed E-state index contributed by atoms with van der Waals surface area (Å²) in [6.07, 6.45) is 3.65. The number of rotatable bonds is 14. The van der Waals surface area contributed by atoms with Crippen molar-refractivity contribution in [3.8, 4) is 11.5 Å². The van der Waals surface area contributed by atoms with Crippen molar-refractivity contribution in [3.05, 3.63) is 118 Å². The molecule has 0 saturated carbocycles. The number of hydrogen-bond donors (Lipinski definition) is 1. The van der Waals surface area contributed by atoms with Crippen LogP contribution in [0.25, 0.3) is 10.9 Å². The average molecular weight is 636 g/mol. The summed E-state index contributed by atoms with van der Waals surface area (Å²) in [6.45, 7) is 5.61. The van der Waals surface area contributed by atoms with Crippen molar-refractivity contribution in [2.24, 2.45) is 0 Å². The summed E-state index contributed by atoms with van der Waals surface area (Å²) in [5.74, 6) is 2.16. The second-order valence-electron chi connectivity index (χ2n) is 11.5. The lowest BCUT2D eigenvalue weighted by Crippen LogP contribution is -2.27. The van der Waals surface area contributed by atoms with Crippen LogP contribution < -0.4 is 25.2 Å². The Morgan fingerprint density at radius 1 is 0.830 bits per heavy atom. The molecule has 1 N–H and O–H groups in total. The second-order valence-corrected chi connectivity index (χ2v) is 11.5. The van der Waals surface area contributed by atoms with E-state index in [-0.39, 0.29) is 11.6 Å². The highest BCUT2D eigenvalue weighted by Crippen LogP contribution is 2.26. The van der Waals surface area contributed by atoms with E-state index in [1.54, 1.807) is 37.1 Å². The van der Waals surface area contributed by atoms with E-state index in [0.717, 1.165) is 41.0 Å². The zero-order valence-corrected chi connectivity index (χ0v) is 27.5. The highest BCUT2D eigenvalue weighted by Gasteiger charge is 2.20. The summed E-state index contributed by atoms with van der Waals surface area (Å²) in [4.78, 5) is 38.0. The van der Waals surface area contributed by atoms with Crippen LogP contribution in [0.4, 0.5) is 11.8 Å². The lowest BCUT2D eigenvalue weighted by molar-refractivity contribution is 0.0600. The second kappa shape index (κ2) is 15.3. The van der Waals surface area contributed by atoms with Crippen LogP contribution in [0.5, 0.6) is 11.5 Å². The topological polar surface area (TPSA) is 108 Å². The Morgan fingerprint density at radius 2 is 1.40 bits per heavy atom. The SMILES string of the molecule is CCC[C@@H](C)Nc1nc(N(Cc2ccc(OC)cc2)Cc2ccc(OC)cc2)nc2ccn(Cc3ccc(C(=O)OC)cc3)c(=O)c12. The molecule has 5 aromatic rings. The first-order valence-corrected chi connectivity index (χ1v) is 15.7. The van der Waals surface area contributed by atoms with Crippen LogP contribution in [-0.4, -0.2) is 47.9 Å². The third-order valence-electron chi connectivity index (χ3n) is 7.99. The number of pyridine rings is 1. The van der Waals surface area contributed by atoms with Crippen LogP contribution in [0.1, 0.15) is 53.7 Å². The largest absolute Gasteiger partial charge is 0.497 e. The standard InChI is InChI=1S/C37H41N5O5/c1-6-7-25(2)38-34-33-32(20-21-41(35(33)43)22-26-8-14-29(15-9-26)36(44)47-5)39-37(40-34)42(23-27-10-16-30(45-3)17-11-27)24-28-12-18-31(46-4)19-13-28/h8-21,25H,6-7,22-24H2,1-5H3,(H,38,39,40)/t25-/m1/s1. The zero-order chi connectivity index (χ0) is 33.3. The maximum absolute atomic E-state index is 14.0. The summed E-state index contributed by atoms with van der Waals surface area (Å²) in [6, 6.07) is 24.8. The number of hydrogen-bond acceptors (Lipinski definition) is 9. The van der Waals surface area contributed by atoms with Gasteiger partial charge < -0.3 is 29.0 Å². The number of fused-ring (bicyclic) bond motifs is 1. The van der Waals surface area contributed by atoms with Gasteiger partial charge in [0, 0.05) is 25.3 Å². The van der Waals surface area contributed by atoms with Gasteiger partial charge in [0.25, 0.3) is 5.56 Å². The first-order valence-electron chi connectivity index (χ1n) is 15.7. The number of esters is 1. The van der Waals surface area contributed by atoms with E-state index in [1.165, 1.54) is 7.11 Å². The third-order valence-corrected chi connectivity index (χ3v) is 7.99. The van der Waals surface area contributed by atoms with Crippen molar-refractivity contribution in [2.75, 3.05) is 31.5 Å². The van der Waals surface area contributed by atoms with E-state index in [4.69, 9.17) is 24.2 Å². The Balaban J connectivity index is 1.56. The van der Waals surface area contributed by atoms with Gasteiger partial charge in [-0.15, -0.1) is 0 Å². The van der Waals surface area contributed by atoms with Crippen molar-refractivity contribution in [1.29, 1.82) is 0 Å². The van der Waals surface area contributed by atoms with E-state index >= 15 is 0 Å². The number of nitrogens with one attached hydrogen (secondary N) is 1. The summed E-state index contributed by atoms with van der Waals surface area (Å²) < 4.78 is 17.2. The average Bonchev–Trinajstić information content (AvgIpc) is 3.09. The predicted octanol–water partition coefficient (Wildman–Crippen LogP) is 6.45. The van der Waals surface area contributed by atoms with E-state index < -0.39 is 5.97 Å². The smallest absolute Gasteiger partial charge is 0.337 e. The Kier molecular flexibility index (Phi) is 10.7. The molecule has 0 aliphatic rings. The minimum atomic E-state index is -0.405. The number of nitrogens with zero attached hydrogens (tertiary/aromatic N) is 4. The van der Waals surface area contributed by atoms with Gasteiger partial charge in [-0.25, -0.2) is 9.78 Å². The lowest BCUT2D eigenvalue weighted by Gasteiger charge is -2.25. The van der Waals surface area contributed by atoms with Crippen LogP contribution in [0.15, 0.2) is 89.9 Å². The fourth-order valence-corrected chi connectivity index (χ4v) is 5.44. The van der Waals surface area contributed by atoms with Crippen molar-refractivity contribution in [1.82, 2.24) is 14.5 Å². The summed E-state index contributed by atoms with van der Waals surface area (Å²) in [5, 5.41) is 3.95. The minimum absolute atomic E-state index is 0.0847. The molecule has 0 spiro atoms. The van der Waals surface area contributed by atoms with Crippen LogP contribution in [-0.2, 0) is 24.4 Å². The van der Waals surface area contributed by atoms with Gasteiger partial charge >= 0.3 is 5.97 Å². The highest BCUT2D eigenvalue weighted by atomic mass is 16.5. The molecule has 1 atom stereocenters. The Morgan fingerprint density at radius 3 is 1.94 bits per heavy atom. The van der Waals surface area contributed by atoms with Gasteiger partial charge in [-0.05, 0) is 72.5 Å². The third kappa shape index (κ3) is 8.07. The maximum Gasteiger partial charge on any atom is 0.337 e. The molecule has 0 aliphatic heterocycles. The quantitative estimate of drug-likeness (QED) is 0.138. The van der Waals surface area contributed by atoms with Gasteiger partial charge in [-0.3, -0.25) is 4.79 Å². The first-order chi connectivity index (χ1) is 22.8. The number of ether oxygens (including phenoxy) is 3. The molecule has 0 fully saturated rings. The monoisotopic (exact) mass is 635 g/mol. The molecule has 0 aliphatic carbocycles. The van der Waals surface area contributed by atoms with Crippen molar-refractivity contribution >= 4 is 28.6 Å². The van der Waals surface area contributed by atoms with Crippen molar-refractivity contribution in [3.63, 3.8) is 0 Å². The fourth-order valence-electron chi connectivity index (χ4n) is 5.44. The minimum Gasteiger partial charge on any atom is -0.497 e. The predicted molar refractivity (Wildman–Crippen MR) is 185 cm³/mol. The van der Waals surface area contributed by atoms with Gasteiger partial charge in [-0.1, -0.05) is 49.7 Å². The van der Waals surface area contributed by atoms with Gasteiger partial charge in [0.1, 0.15) is 22.7 Å². The van der Waals surface area contributed by atoms with E-state index in [0.29, 0.717) is 47.9 Å². The number of anilines is 2. The van der Waals surface area contributed by atoms with Crippen molar-refractivity contribution < 1.29 is 19.0 Å². The van der Waals surface area contributed by atoms with E-state index in [1.807, 2.05) is 66.7 Å². The Hall–Kier alpha value is -5.38. The summed E-state index contributed by atoms with van der Waals surface area (Å²) >= 11 is 0. The molecule has 0 unspecified atom stereocenters. The fraction of sp³-hybridized carbons (Fsp3) is 0.297. The van der Waals surface area contributed by atoms with Gasteiger partial charge in [0.05, 0.1) is 39.0 Å². The molecule has 244 valence electrons. The van der Waals surface area contributed by atoms with Gasteiger partial charge in [0.15, 0.2) is 0 Å². The van der Waals surface area contributed by atoms with Crippen LogP contribution >= 0.6 is 0 Å². The molecule has 10 heteroatoms. The maximum atomic E-state index is 14.0. The molecule has 0 saturated heterocycles. The molecule has 0 radical (unpaired) electrons. The lowest BCUT2D eigenvalue weighted by atomic mass is 10.1. The van der Waals surface area contributed by atoms with Gasteiger partial charge in [-0.2, -0.15) is 4.98 Å². The van der Waals surface area contributed by atoms with Gasteiger partial charge in [0.2, 0.25) is 5.95 Å². The Bertz CT molecular complexity index is 1810. The molecule has 5 rings (SSSR count). The highest BCUT2D eigenvalue weighted by molar-refractivity contribution is 5.90. The van der Waals surface area contributed by atoms with E-state index in [2.05, 4.69) is 24.1 Å². The number of carbonyl (C=O) groups is 1. The molecule has 0 bridgehead atoms. The molecule has 2 heterocycles. The number of carbonyl (C=O) groups excluding carboxylic acids is 1. The molecule has 10 nitrogen and oxygen atoms in total. The van der Waals surface area contributed by atoms with Crippen molar-refractivity contribution in [2.45, 2.75) is 52.4 Å². The molecule has 47 heavy (non-hydrogen) atoms. The van der Waals surface area contributed by atoms with Crippen LogP contribution in [0, 0.1) is 0 Å². The normalized spacial score (nSPS) is 11.6.